The van der Waals surface area contributed by atoms with Gasteiger partial charge in [-0.05, 0) is 42.7 Å². The van der Waals surface area contributed by atoms with Crippen LogP contribution >= 0.6 is 0 Å². The summed E-state index contributed by atoms with van der Waals surface area (Å²) in [5.41, 5.74) is 1.67. The normalized spacial score (nSPS) is 14.5. The van der Waals surface area contributed by atoms with Crippen LogP contribution in [0.1, 0.15) is 29.7 Å². The number of furan rings is 1. The maximum absolute atomic E-state index is 13.4. The summed E-state index contributed by atoms with van der Waals surface area (Å²) in [5.74, 6) is 0.666. The molecule has 0 bridgehead atoms. The van der Waals surface area contributed by atoms with E-state index in [-0.39, 0.29) is 23.5 Å². The fourth-order valence-electron chi connectivity index (χ4n) is 4.09. The molecule has 4 rings (SSSR count). The van der Waals surface area contributed by atoms with Crippen LogP contribution in [0.25, 0.3) is 6.08 Å². The third kappa shape index (κ3) is 5.92. The predicted molar refractivity (Wildman–Crippen MR) is 126 cm³/mol. The lowest BCUT2D eigenvalue weighted by molar-refractivity contribution is -0.140. The minimum atomic E-state index is -0.173. The Hall–Kier alpha value is -3.80. The van der Waals surface area contributed by atoms with Crippen LogP contribution in [0.2, 0.25) is 0 Å². The quantitative estimate of drug-likeness (QED) is 0.546. The lowest BCUT2D eigenvalue weighted by Crippen LogP contribution is -2.43. The van der Waals surface area contributed by atoms with Crippen molar-refractivity contribution in [1.82, 2.24) is 9.80 Å². The molecule has 2 heterocycles. The van der Waals surface area contributed by atoms with Crippen molar-refractivity contribution in [3.05, 3.63) is 96.0 Å². The number of hydrogen-bond acceptors (Lipinski definition) is 4. The molecule has 0 saturated carbocycles. The number of carbonyl (C=O) groups is 2. The van der Waals surface area contributed by atoms with Crippen LogP contribution in [0.3, 0.4) is 0 Å². The zero-order valence-electron chi connectivity index (χ0n) is 18.5. The summed E-state index contributed by atoms with van der Waals surface area (Å²) in [7, 11) is 0. The van der Waals surface area contributed by atoms with Crippen molar-refractivity contribution in [1.29, 1.82) is 0 Å². The molecule has 1 N–H and O–H groups in total. The molecular formula is C27H28N2O4. The van der Waals surface area contributed by atoms with Crippen molar-refractivity contribution < 1.29 is 19.1 Å². The molecule has 0 radical (unpaired) electrons. The van der Waals surface area contributed by atoms with Gasteiger partial charge in [-0.25, -0.2) is 0 Å². The number of likely N-dealkylation sites (tertiary alicyclic amines) is 1. The molecule has 0 spiro atoms. The first kappa shape index (κ1) is 22.4. The SMILES string of the molecule is O=C(/C=C/c1ccccc1)N1CCC(C(=O)N(Cc2ccco2)Cc2ccccc2O)CC1. The lowest BCUT2D eigenvalue weighted by Gasteiger charge is -2.34. The number of hydrogen-bond donors (Lipinski definition) is 1. The van der Waals surface area contributed by atoms with E-state index in [4.69, 9.17) is 4.42 Å². The highest BCUT2D eigenvalue weighted by Crippen LogP contribution is 2.25. The number of aromatic hydroxyl groups is 1. The molecule has 6 heteroatoms. The molecule has 0 aliphatic carbocycles. The molecule has 2 aromatic carbocycles. The number of nitrogens with zero attached hydrogens (tertiary/aromatic N) is 2. The molecule has 33 heavy (non-hydrogen) atoms. The van der Waals surface area contributed by atoms with Gasteiger partial charge >= 0.3 is 0 Å². The van der Waals surface area contributed by atoms with Crippen molar-refractivity contribution in [3.8, 4) is 5.75 Å². The van der Waals surface area contributed by atoms with Gasteiger partial charge in [0.25, 0.3) is 0 Å². The minimum absolute atomic E-state index is 0.0154. The molecule has 1 aromatic heterocycles. The molecule has 0 unspecified atom stereocenters. The fraction of sp³-hybridized carbons (Fsp3) is 0.259. The smallest absolute Gasteiger partial charge is 0.246 e. The van der Waals surface area contributed by atoms with Gasteiger partial charge in [0.2, 0.25) is 11.8 Å². The van der Waals surface area contributed by atoms with E-state index in [1.165, 1.54) is 0 Å². The van der Waals surface area contributed by atoms with Gasteiger partial charge in [0, 0.05) is 37.2 Å². The average Bonchev–Trinajstić information content (AvgIpc) is 3.37. The average molecular weight is 445 g/mol. The maximum atomic E-state index is 13.4. The Kier molecular flexibility index (Phi) is 7.25. The van der Waals surface area contributed by atoms with Crippen molar-refractivity contribution >= 4 is 17.9 Å². The van der Waals surface area contributed by atoms with E-state index in [1.807, 2.05) is 54.6 Å². The Bertz CT molecular complexity index is 1080. The van der Waals surface area contributed by atoms with E-state index in [1.54, 1.807) is 40.3 Å². The van der Waals surface area contributed by atoms with E-state index >= 15 is 0 Å². The summed E-state index contributed by atoms with van der Waals surface area (Å²) < 4.78 is 5.46. The summed E-state index contributed by atoms with van der Waals surface area (Å²) in [6.07, 6.45) is 6.22. The third-order valence-corrected chi connectivity index (χ3v) is 5.97. The molecule has 2 amide bonds. The second-order valence-electron chi connectivity index (χ2n) is 8.25. The van der Waals surface area contributed by atoms with Crippen LogP contribution in [0.5, 0.6) is 5.75 Å². The van der Waals surface area contributed by atoms with Crippen molar-refractivity contribution in [2.45, 2.75) is 25.9 Å². The topological polar surface area (TPSA) is 74.0 Å². The second kappa shape index (κ2) is 10.7. The second-order valence-corrected chi connectivity index (χ2v) is 8.25. The summed E-state index contributed by atoms with van der Waals surface area (Å²) in [4.78, 5) is 29.5. The number of phenols is 1. The van der Waals surface area contributed by atoms with Crippen molar-refractivity contribution in [3.63, 3.8) is 0 Å². The highest BCUT2D eigenvalue weighted by molar-refractivity contribution is 5.92. The third-order valence-electron chi connectivity index (χ3n) is 5.97. The molecule has 3 aromatic rings. The van der Waals surface area contributed by atoms with Crippen LogP contribution in [0.4, 0.5) is 0 Å². The fourth-order valence-corrected chi connectivity index (χ4v) is 4.09. The molecular weight excluding hydrogens is 416 g/mol. The minimum Gasteiger partial charge on any atom is -0.508 e. The largest absolute Gasteiger partial charge is 0.508 e. The number of piperidine rings is 1. The van der Waals surface area contributed by atoms with Crippen LogP contribution in [-0.4, -0.2) is 39.8 Å². The Morgan fingerprint density at radius 2 is 1.70 bits per heavy atom. The highest BCUT2D eigenvalue weighted by Gasteiger charge is 2.30. The first-order chi connectivity index (χ1) is 16.1. The highest BCUT2D eigenvalue weighted by atomic mass is 16.3. The number of carbonyl (C=O) groups excluding carboxylic acids is 2. The summed E-state index contributed by atoms with van der Waals surface area (Å²) in [5, 5.41) is 10.2. The molecule has 170 valence electrons. The number of phenolic OH excluding ortho intramolecular Hbond substituents is 1. The number of benzene rings is 2. The monoisotopic (exact) mass is 444 g/mol. The molecule has 1 saturated heterocycles. The van der Waals surface area contributed by atoms with Crippen LogP contribution in [0, 0.1) is 5.92 Å². The van der Waals surface area contributed by atoms with Gasteiger partial charge in [0.1, 0.15) is 11.5 Å². The van der Waals surface area contributed by atoms with Crippen LogP contribution in [0.15, 0.2) is 83.5 Å². The zero-order chi connectivity index (χ0) is 23.0. The number of para-hydroxylation sites is 1. The van der Waals surface area contributed by atoms with Crippen LogP contribution in [-0.2, 0) is 22.7 Å². The summed E-state index contributed by atoms with van der Waals surface area (Å²) >= 11 is 0. The molecule has 0 atom stereocenters. The molecule has 6 nitrogen and oxygen atoms in total. The van der Waals surface area contributed by atoms with Gasteiger partial charge in [0.05, 0.1) is 12.8 Å². The lowest BCUT2D eigenvalue weighted by atomic mass is 9.94. The molecule has 1 aliphatic rings. The van der Waals surface area contributed by atoms with E-state index in [2.05, 4.69) is 0 Å². The van der Waals surface area contributed by atoms with E-state index < -0.39 is 0 Å². The van der Waals surface area contributed by atoms with Gasteiger partial charge in [-0.3, -0.25) is 9.59 Å². The van der Waals surface area contributed by atoms with Gasteiger partial charge in [-0.2, -0.15) is 0 Å². The first-order valence-corrected chi connectivity index (χ1v) is 11.2. The zero-order valence-corrected chi connectivity index (χ0v) is 18.5. The standard InChI is InChI=1S/C27H28N2O4/c30-25-11-5-4-9-23(25)19-29(20-24-10-6-18-33-24)27(32)22-14-16-28(17-15-22)26(31)13-12-21-7-2-1-3-8-21/h1-13,18,22,30H,14-17,19-20H2/b13-12+. The summed E-state index contributed by atoms with van der Waals surface area (Å²) in [6, 6.07) is 20.4. The van der Waals surface area contributed by atoms with Gasteiger partial charge < -0.3 is 19.3 Å². The number of rotatable bonds is 7. The van der Waals surface area contributed by atoms with Crippen LogP contribution < -0.4 is 0 Å². The predicted octanol–water partition coefficient (Wildman–Crippen LogP) is 4.47. The Morgan fingerprint density at radius 3 is 2.39 bits per heavy atom. The molecule has 1 fully saturated rings. The summed E-state index contributed by atoms with van der Waals surface area (Å²) in [6.45, 7) is 1.71. The van der Waals surface area contributed by atoms with Crippen molar-refractivity contribution in [2.75, 3.05) is 13.1 Å². The Balaban J connectivity index is 1.38. The van der Waals surface area contributed by atoms with Gasteiger partial charge in [-0.1, -0.05) is 48.5 Å². The van der Waals surface area contributed by atoms with Gasteiger partial charge in [-0.15, -0.1) is 0 Å². The maximum Gasteiger partial charge on any atom is 0.246 e. The van der Waals surface area contributed by atoms with E-state index in [9.17, 15) is 14.7 Å². The molecule has 1 aliphatic heterocycles. The van der Waals surface area contributed by atoms with E-state index in [0.717, 1.165) is 5.56 Å². The number of amides is 2. The van der Waals surface area contributed by atoms with E-state index in [0.29, 0.717) is 50.3 Å². The Morgan fingerprint density at radius 1 is 0.970 bits per heavy atom. The van der Waals surface area contributed by atoms with Crippen molar-refractivity contribution in [2.24, 2.45) is 5.92 Å². The first-order valence-electron chi connectivity index (χ1n) is 11.2. The Labute approximate surface area is 193 Å². The van der Waals surface area contributed by atoms with Gasteiger partial charge in [0.15, 0.2) is 0 Å².